The minimum absolute atomic E-state index is 0. The Morgan fingerprint density at radius 1 is 1.14 bits per heavy atom. The van der Waals surface area contributed by atoms with Gasteiger partial charge in [-0.05, 0) is 37.0 Å². The van der Waals surface area contributed by atoms with Crippen molar-refractivity contribution in [2.24, 2.45) is 10.9 Å². The Hall–Kier alpha value is -0.920. The summed E-state index contributed by atoms with van der Waals surface area (Å²) in [4.78, 5) is 4.43. The average Bonchev–Trinajstić information content (AvgIpc) is 2.34. The number of hydrogen-bond acceptors (Lipinski definition) is 1. The van der Waals surface area contributed by atoms with E-state index in [1.54, 1.807) is 0 Å². The number of rotatable bonds is 6. The molecule has 0 spiro atoms. The van der Waals surface area contributed by atoms with Crippen LogP contribution in [0.25, 0.3) is 0 Å². The molecule has 0 saturated carbocycles. The molecule has 1 aromatic rings. The van der Waals surface area contributed by atoms with Crippen LogP contribution in [0.3, 0.4) is 0 Å². The van der Waals surface area contributed by atoms with Gasteiger partial charge in [0.1, 0.15) is 11.6 Å². The highest BCUT2D eigenvalue weighted by molar-refractivity contribution is 14.0. The highest BCUT2D eigenvalue weighted by Crippen LogP contribution is 2.08. The van der Waals surface area contributed by atoms with Gasteiger partial charge in [0.05, 0.1) is 0 Å². The van der Waals surface area contributed by atoms with Gasteiger partial charge in [0.25, 0.3) is 0 Å². The van der Waals surface area contributed by atoms with Crippen molar-refractivity contribution in [2.45, 2.75) is 27.2 Å². The molecule has 0 aliphatic heterocycles. The van der Waals surface area contributed by atoms with Gasteiger partial charge in [-0.3, -0.25) is 4.99 Å². The third kappa shape index (κ3) is 8.85. The van der Waals surface area contributed by atoms with Gasteiger partial charge in [0, 0.05) is 25.7 Å². The van der Waals surface area contributed by atoms with Crippen LogP contribution in [0, 0.1) is 17.6 Å². The molecule has 2 N–H and O–H groups in total. The van der Waals surface area contributed by atoms with Crippen LogP contribution in [-0.4, -0.2) is 25.6 Å². The van der Waals surface area contributed by atoms with Gasteiger partial charge >= 0.3 is 0 Å². The maximum Gasteiger partial charge on any atom is 0.191 e. The summed E-state index contributed by atoms with van der Waals surface area (Å²) in [6, 6.07) is 3.58. The van der Waals surface area contributed by atoms with Crippen LogP contribution in [0.15, 0.2) is 23.2 Å². The maximum absolute atomic E-state index is 13.0. The molecule has 0 heterocycles. The molecule has 0 amide bonds. The second-order valence-electron chi connectivity index (χ2n) is 5.07. The summed E-state index contributed by atoms with van der Waals surface area (Å²) >= 11 is 0. The number of nitrogens with zero attached hydrogens (tertiary/aromatic N) is 1. The number of guanidine groups is 1. The van der Waals surface area contributed by atoms with Crippen LogP contribution in [-0.2, 0) is 6.42 Å². The third-order valence-electron chi connectivity index (χ3n) is 2.59. The number of nitrogens with one attached hydrogen (secondary N) is 2. The summed E-state index contributed by atoms with van der Waals surface area (Å²) in [5.74, 6) is 0.140. The van der Waals surface area contributed by atoms with Crippen molar-refractivity contribution in [3.63, 3.8) is 0 Å². The van der Waals surface area contributed by atoms with E-state index in [-0.39, 0.29) is 24.0 Å². The first-order chi connectivity index (χ1) is 9.51. The van der Waals surface area contributed by atoms with E-state index < -0.39 is 11.6 Å². The van der Waals surface area contributed by atoms with E-state index in [2.05, 4.69) is 29.5 Å². The lowest BCUT2D eigenvalue weighted by molar-refractivity contribution is 0.579. The Morgan fingerprint density at radius 2 is 1.76 bits per heavy atom. The maximum atomic E-state index is 13.0. The number of hydrogen-bond donors (Lipinski definition) is 2. The highest BCUT2D eigenvalue weighted by atomic mass is 127. The minimum atomic E-state index is -0.541. The van der Waals surface area contributed by atoms with Gasteiger partial charge in [-0.2, -0.15) is 0 Å². The zero-order chi connectivity index (χ0) is 15.0. The summed E-state index contributed by atoms with van der Waals surface area (Å²) in [5.41, 5.74) is 0.634. The van der Waals surface area contributed by atoms with E-state index in [0.717, 1.165) is 25.1 Å². The Bertz CT molecular complexity index is 430. The predicted octanol–water partition coefficient (Wildman–Crippen LogP) is 3.34. The molecule has 0 radical (unpaired) electrons. The lowest BCUT2D eigenvalue weighted by Gasteiger charge is -2.12. The van der Waals surface area contributed by atoms with E-state index in [4.69, 9.17) is 0 Å². The van der Waals surface area contributed by atoms with Crippen LogP contribution >= 0.6 is 24.0 Å². The Labute approximate surface area is 142 Å². The number of halogens is 3. The molecule has 1 aromatic carbocycles. The van der Waals surface area contributed by atoms with Crippen molar-refractivity contribution >= 4 is 29.9 Å². The van der Waals surface area contributed by atoms with Gasteiger partial charge < -0.3 is 10.6 Å². The molecule has 0 aromatic heterocycles. The number of aliphatic imine (C=N–C) groups is 1. The van der Waals surface area contributed by atoms with Gasteiger partial charge in [-0.1, -0.05) is 13.8 Å². The average molecular weight is 411 g/mol. The first-order valence-corrected chi connectivity index (χ1v) is 6.98. The normalized spacial score (nSPS) is 11.2. The fourth-order valence-corrected chi connectivity index (χ4v) is 1.70. The molecule has 1 rings (SSSR count). The molecule has 0 fully saturated rings. The van der Waals surface area contributed by atoms with Crippen molar-refractivity contribution in [3.8, 4) is 0 Å². The van der Waals surface area contributed by atoms with Gasteiger partial charge in [-0.15, -0.1) is 24.0 Å². The van der Waals surface area contributed by atoms with E-state index in [1.807, 2.05) is 6.92 Å². The fourth-order valence-electron chi connectivity index (χ4n) is 1.70. The van der Waals surface area contributed by atoms with Gasteiger partial charge in [0.15, 0.2) is 5.96 Å². The Balaban J connectivity index is 0.00000400. The standard InChI is InChI=1S/C15H23F2N3.HI/c1-4-18-15(20-10-11(2)3)19-6-5-12-7-13(16)9-14(17)8-12;/h7-9,11H,4-6,10H2,1-3H3,(H2,18,19,20);1H. The Morgan fingerprint density at radius 3 is 2.29 bits per heavy atom. The van der Waals surface area contributed by atoms with Crippen LogP contribution in [0.5, 0.6) is 0 Å². The molecule has 6 heteroatoms. The summed E-state index contributed by atoms with van der Waals surface area (Å²) < 4.78 is 26.1. The lowest BCUT2D eigenvalue weighted by Crippen LogP contribution is -2.38. The first-order valence-electron chi connectivity index (χ1n) is 6.98. The largest absolute Gasteiger partial charge is 0.357 e. The van der Waals surface area contributed by atoms with E-state index in [1.165, 1.54) is 12.1 Å². The molecule has 0 aliphatic carbocycles. The van der Waals surface area contributed by atoms with Crippen molar-refractivity contribution < 1.29 is 8.78 Å². The van der Waals surface area contributed by atoms with Gasteiger partial charge in [-0.25, -0.2) is 8.78 Å². The zero-order valence-electron chi connectivity index (χ0n) is 12.7. The molecule has 0 bridgehead atoms. The molecular formula is C15H24F2IN3. The summed E-state index contributed by atoms with van der Waals surface area (Å²) in [5, 5.41) is 6.30. The third-order valence-corrected chi connectivity index (χ3v) is 2.59. The second kappa shape index (κ2) is 10.8. The van der Waals surface area contributed by atoms with Crippen molar-refractivity contribution in [1.29, 1.82) is 0 Å². The monoisotopic (exact) mass is 411 g/mol. The molecule has 3 nitrogen and oxygen atoms in total. The molecule has 120 valence electrons. The van der Waals surface area contributed by atoms with Crippen LogP contribution < -0.4 is 10.6 Å². The van der Waals surface area contributed by atoms with E-state index in [0.29, 0.717) is 24.4 Å². The van der Waals surface area contributed by atoms with E-state index in [9.17, 15) is 8.78 Å². The number of benzene rings is 1. The Kier molecular flexibility index (Phi) is 10.3. The van der Waals surface area contributed by atoms with Crippen molar-refractivity contribution in [3.05, 3.63) is 35.4 Å². The highest BCUT2D eigenvalue weighted by Gasteiger charge is 2.02. The van der Waals surface area contributed by atoms with Crippen LogP contribution in [0.2, 0.25) is 0 Å². The zero-order valence-corrected chi connectivity index (χ0v) is 15.1. The smallest absolute Gasteiger partial charge is 0.191 e. The predicted molar refractivity (Wildman–Crippen MR) is 94.3 cm³/mol. The summed E-state index contributed by atoms with van der Waals surface area (Å²) in [6.45, 7) is 8.29. The quantitative estimate of drug-likeness (QED) is 0.428. The second-order valence-corrected chi connectivity index (χ2v) is 5.07. The topological polar surface area (TPSA) is 36.4 Å². The molecule has 0 saturated heterocycles. The molecule has 0 aliphatic rings. The minimum Gasteiger partial charge on any atom is -0.357 e. The first kappa shape index (κ1) is 20.1. The molecular weight excluding hydrogens is 387 g/mol. The molecule has 0 unspecified atom stereocenters. The lowest BCUT2D eigenvalue weighted by atomic mass is 10.1. The van der Waals surface area contributed by atoms with Crippen LogP contribution in [0.4, 0.5) is 8.78 Å². The van der Waals surface area contributed by atoms with Crippen molar-refractivity contribution in [2.75, 3.05) is 19.6 Å². The van der Waals surface area contributed by atoms with Crippen molar-refractivity contribution in [1.82, 2.24) is 10.6 Å². The van der Waals surface area contributed by atoms with Crippen LogP contribution in [0.1, 0.15) is 26.3 Å². The summed E-state index contributed by atoms with van der Waals surface area (Å²) in [7, 11) is 0. The van der Waals surface area contributed by atoms with E-state index >= 15 is 0 Å². The molecule has 21 heavy (non-hydrogen) atoms. The summed E-state index contributed by atoms with van der Waals surface area (Å²) in [6.07, 6.45) is 0.542. The molecule has 0 atom stereocenters. The van der Waals surface area contributed by atoms with Gasteiger partial charge in [0.2, 0.25) is 0 Å². The SMILES string of the molecule is CCNC(=NCC(C)C)NCCc1cc(F)cc(F)c1.I. The fraction of sp³-hybridized carbons (Fsp3) is 0.533.